The van der Waals surface area contributed by atoms with Crippen LogP contribution in [0.3, 0.4) is 0 Å². The van der Waals surface area contributed by atoms with E-state index in [1.807, 2.05) is 30.3 Å². The van der Waals surface area contributed by atoms with E-state index in [1.165, 1.54) is 0 Å². The zero-order chi connectivity index (χ0) is 40.1. The van der Waals surface area contributed by atoms with Gasteiger partial charge >= 0.3 is 0 Å². The van der Waals surface area contributed by atoms with Gasteiger partial charge in [0.15, 0.2) is 0 Å². The maximum Gasteiger partial charge on any atom is 0.262 e. The Balaban J connectivity index is 0.753. The zero-order valence-corrected chi connectivity index (χ0v) is 33.3. The number of carbonyl (C=O) groups excluding carboxylic acids is 5. The van der Waals surface area contributed by atoms with Gasteiger partial charge in [0.25, 0.3) is 17.7 Å². The van der Waals surface area contributed by atoms with Crippen LogP contribution < -0.4 is 20.0 Å². The maximum atomic E-state index is 13.9. The van der Waals surface area contributed by atoms with E-state index in [-0.39, 0.29) is 24.2 Å². The molecule has 0 saturated carbocycles. The monoisotopic (exact) mass is 802 g/mol. The lowest BCUT2D eigenvalue weighted by Gasteiger charge is -2.44. The molecule has 6 aliphatic rings. The maximum absolute atomic E-state index is 13.9. The zero-order valence-electron chi connectivity index (χ0n) is 32.5. The van der Waals surface area contributed by atoms with E-state index in [1.54, 1.807) is 18.2 Å². The molecule has 0 aliphatic carbocycles. The molecule has 14 heteroatoms. The fourth-order valence-electron chi connectivity index (χ4n) is 10.0. The quantitative estimate of drug-likeness (QED) is 0.265. The first-order chi connectivity index (χ1) is 28.1. The summed E-state index contributed by atoms with van der Waals surface area (Å²) in [6.45, 7) is 16.0. The molecule has 3 aromatic rings. The predicted molar refractivity (Wildman–Crippen MR) is 221 cm³/mol. The highest BCUT2D eigenvalue weighted by atomic mass is 35.5. The second kappa shape index (κ2) is 15.4. The van der Waals surface area contributed by atoms with Gasteiger partial charge in [0, 0.05) is 106 Å². The standard InChI is InChI=1S/C44H47ClN8O5/c1-46-37-8-6-33(27-36(37)45)49-18-13-44(14-19-49)15-20-52(28-44)41(56)29-3-2-4-31(25-29)51-23-21-50(22-24-51)30-11-16-48(17-12-30)32-5-7-34-35(26-32)43(58)53(42(34)57)38-9-10-39(54)47-40(38)55/h2-8,25-27,30,38H,9-24,28H2,(H,47,54,55). The normalized spacial score (nSPS) is 22.8. The first-order valence-corrected chi connectivity index (χ1v) is 20.9. The minimum Gasteiger partial charge on any atom is -0.372 e. The molecule has 9 rings (SSSR count). The van der Waals surface area contributed by atoms with Crippen molar-refractivity contribution in [1.82, 2.24) is 20.0 Å². The van der Waals surface area contributed by atoms with E-state index in [0.717, 1.165) is 125 Å². The van der Waals surface area contributed by atoms with Crippen LogP contribution in [0.5, 0.6) is 0 Å². The Labute approximate surface area is 343 Å². The largest absolute Gasteiger partial charge is 0.372 e. The highest BCUT2D eigenvalue weighted by molar-refractivity contribution is 6.33. The molecule has 0 radical (unpaired) electrons. The number of fused-ring (bicyclic) bond motifs is 1. The number of piperazine rings is 1. The van der Waals surface area contributed by atoms with Gasteiger partial charge in [0.1, 0.15) is 6.04 Å². The van der Waals surface area contributed by atoms with Crippen molar-refractivity contribution in [1.29, 1.82) is 0 Å². The molecule has 0 bridgehead atoms. The molecule has 1 unspecified atom stereocenters. The van der Waals surface area contributed by atoms with Gasteiger partial charge in [-0.3, -0.25) is 39.1 Å². The lowest BCUT2D eigenvalue weighted by atomic mass is 9.77. The molecule has 300 valence electrons. The number of anilines is 3. The molecule has 5 amide bonds. The Kier molecular flexibility index (Phi) is 10.1. The number of rotatable bonds is 6. The molecule has 5 fully saturated rings. The number of likely N-dealkylation sites (tertiary alicyclic amines) is 1. The third-order valence-corrected chi connectivity index (χ3v) is 13.8. The molecular weight excluding hydrogens is 756 g/mol. The fraction of sp³-hybridized carbons (Fsp3) is 0.455. The van der Waals surface area contributed by atoms with Crippen molar-refractivity contribution in [3.05, 3.63) is 93.8 Å². The smallest absolute Gasteiger partial charge is 0.262 e. The van der Waals surface area contributed by atoms with Crippen LogP contribution in [0.2, 0.25) is 5.02 Å². The number of nitrogens with one attached hydrogen (secondary N) is 1. The van der Waals surface area contributed by atoms with Crippen LogP contribution in [0.25, 0.3) is 4.85 Å². The van der Waals surface area contributed by atoms with Crippen LogP contribution in [0.1, 0.15) is 76.0 Å². The van der Waals surface area contributed by atoms with Crippen molar-refractivity contribution >= 4 is 63.9 Å². The number of amides is 5. The molecule has 6 heterocycles. The van der Waals surface area contributed by atoms with Crippen LogP contribution in [0, 0.1) is 12.0 Å². The number of benzene rings is 3. The van der Waals surface area contributed by atoms with E-state index >= 15 is 0 Å². The van der Waals surface area contributed by atoms with E-state index in [9.17, 15) is 24.0 Å². The SMILES string of the molecule is [C-]#[N+]c1ccc(N2CCC3(CCN(C(=O)c4cccc(N5CCN(C6CCN(c7ccc8c(c7)C(=O)N(C7CCC(=O)NC7=O)C8=O)CC6)CC5)c4)C3)CC2)cc1Cl. The summed E-state index contributed by atoms with van der Waals surface area (Å²) in [5.74, 6) is -1.85. The minimum absolute atomic E-state index is 0.0927. The Bertz CT molecular complexity index is 2220. The third kappa shape index (κ3) is 7.06. The summed E-state index contributed by atoms with van der Waals surface area (Å²) in [6, 6.07) is 18.6. The van der Waals surface area contributed by atoms with Gasteiger partial charge < -0.3 is 19.6 Å². The average molecular weight is 803 g/mol. The molecule has 6 aliphatic heterocycles. The Morgan fingerprint density at radius 1 is 0.724 bits per heavy atom. The van der Waals surface area contributed by atoms with E-state index in [4.69, 9.17) is 18.2 Å². The topological polar surface area (TPSA) is 121 Å². The molecule has 1 spiro atoms. The molecule has 3 aromatic carbocycles. The molecule has 58 heavy (non-hydrogen) atoms. The summed E-state index contributed by atoms with van der Waals surface area (Å²) >= 11 is 6.33. The number of hydrogen-bond acceptors (Lipinski definition) is 9. The number of halogens is 1. The number of nitrogens with zero attached hydrogens (tertiary/aromatic N) is 7. The number of carbonyl (C=O) groups is 5. The van der Waals surface area contributed by atoms with Crippen molar-refractivity contribution in [3.63, 3.8) is 0 Å². The summed E-state index contributed by atoms with van der Waals surface area (Å²) in [4.78, 5) is 80.6. The first-order valence-electron chi connectivity index (χ1n) is 20.5. The number of piperidine rings is 3. The van der Waals surface area contributed by atoms with E-state index in [0.29, 0.717) is 27.9 Å². The lowest BCUT2D eigenvalue weighted by Crippen LogP contribution is -2.54. The lowest BCUT2D eigenvalue weighted by molar-refractivity contribution is -0.136. The Morgan fingerprint density at radius 2 is 1.38 bits per heavy atom. The highest BCUT2D eigenvalue weighted by Gasteiger charge is 2.45. The minimum atomic E-state index is -0.973. The van der Waals surface area contributed by atoms with Crippen LogP contribution in [-0.4, -0.2) is 122 Å². The van der Waals surface area contributed by atoms with E-state index < -0.39 is 29.7 Å². The highest BCUT2D eigenvalue weighted by Crippen LogP contribution is 2.43. The molecular formula is C44H47ClN8O5. The van der Waals surface area contributed by atoms with Crippen molar-refractivity contribution in [3.8, 4) is 0 Å². The molecule has 1 N–H and O–H groups in total. The summed E-state index contributed by atoms with van der Waals surface area (Å²) in [6.07, 6.45) is 5.25. The van der Waals surface area contributed by atoms with Crippen LogP contribution >= 0.6 is 11.6 Å². The summed E-state index contributed by atoms with van der Waals surface area (Å²) in [5.41, 5.74) is 5.00. The van der Waals surface area contributed by atoms with Gasteiger partial charge in [-0.2, -0.15) is 0 Å². The van der Waals surface area contributed by atoms with Crippen LogP contribution in [-0.2, 0) is 9.59 Å². The van der Waals surface area contributed by atoms with Crippen molar-refractivity contribution in [2.75, 3.05) is 80.1 Å². The second-order valence-corrected chi connectivity index (χ2v) is 17.1. The van der Waals surface area contributed by atoms with Gasteiger partial charge in [0.2, 0.25) is 17.5 Å². The Morgan fingerprint density at radius 3 is 2.10 bits per heavy atom. The van der Waals surface area contributed by atoms with Gasteiger partial charge in [0.05, 0.1) is 17.7 Å². The summed E-state index contributed by atoms with van der Waals surface area (Å²) < 4.78 is 0. The number of hydrogen-bond donors (Lipinski definition) is 1. The second-order valence-electron chi connectivity index (χ2n) is 16.7. The van der Waals surface area contributed by atoms with Gasteiger partial charge in [-0.15, -0.1) is 0 Å². The van der Waals surface area contributed by atoms with Gasteiger partial charge in [-0.1, -0.05) is 23.7 Å². The van der Waals surface area contributed by atoms with Crippen molar-refractivity contribution in [2.24, 2.45) is 5.41 Å². The van der Waals surface area contributed by atoms with Crippen LogP contribution in [0.4, 0.5) is 22.7 Å². The summed E-state index contributed by atoms with van der Waals surface area (Å²) in [7, 11) is 0. The molecule has 5 saturated heterocycles. The van der Waals surface area contributed by atoms with Crippen molar-refractivity contribution < 1.29 is 24.0 Å². The van der Waals surface area contributed by atoms with Crippen LogP contribution in [0.15, 0.2) is 60.7 Å². The fourth-order valence-corrected chi connectivity index (χ4v) is 10.3. The first kappa shape index (κ1) is 38.1. The molecule has 13 nitrogen and oxygen atoms in total. The molecule has 0 aromatic heterocycles. The molecule has 1 atom stereocenters. The summed E-state index contributed by atoms with van der Waals surface area (Å²) in [5, 5.41) is 2.74. The van der Waals surface area contributed by atoms with Gasteiger partial charge in [-0.05, 0) is 92.5 Å². The van der Waals surface area contributed by atoms with Crippen molar-refractivity contribution in [2.45, 2.75) is 57.0 Å². The number of imide groups is 2. The predicted octanol–water partition coefficient (Wildman–Crippen LogP) is 5.22. The third-order valence-electron chi connectivity index (χ3n) is 13.5. The average Bonchev–Trinajstić information content (AvgIpc) is 3.77. The Hall–Kier alpha value is -5.45. The van der Waals surface area contributed by atoms with E-state index in [2.05, 4.69) is 46.8 Å². The van der Waals surface area contributed by atoms with Gasteiger partial charge in [-0.25, -0.2) is 4.85 Å².